The second-order valence-corrected chi connectivity index (χ2v) is 4.97. The van der Waals surface area contributed by atoms with Gasteiger partial charge in [-0.05, 0) is 12.5 Å². The number of non-ortho nitro benzene ring substituents is 1. The van der Waals surface area contributed by atoms with Gasteiger partial charge in [-0.1, -0.05) is 23.8 Å². The lowest BCUT2D eigenvalue weighted by molar-refractivity contribution is -0.384. The Morgan fingerprint density at radius 2 is 2.10 bits per heavy atom. The zero-order valence-corrected chi connectivity index (χ0v) is 11.4. The van der Waals surface area contributed by atoms with Gasteiger partial charge in [0.15, 0.2) is 0 Å². The van der Waals surface area contributed by atoms with Gasteiger partial charge in [0.05, 0.1) is 21.4 Å². The number of carboxylic acid groups (broad SMARTS) is 1. The number of nitro benzene ring substituents is 1. The lowest BCUT2D eigenvalue weighted by Gasteiger charge is -2.12. The van der Waals surface area contributed by atoms with E-state index in [1.807, 2.05) is 0 Å². The van der Waals surface area contributed by atoms with Crippen LogP contribution in [0.5, 0.6) is 0 Å². The van der Waals surface area contributed by atoms with E-state index in [0.29, 0.717) is 0 Å². The lowest BCUT2D eigenvalue weighted by Crippen LogP contribution is -2.33. The highest BCUT2D eigenvalue weighted by Crippen LogP contribution is 2.23. The molecule has 2 atom stereocenters. The number of carbonyl (C=O) groups is 2. The predicted molar refractivity (Wildman–Crippen MR) is 74.2 cm³/mol. The minimum absolute atomic E-state index is 0.0157. The van der Waals surface area contributed by atoms with E-state index < -0.39 is 28.8 Å². The molecule has 0 fully saturated rings. The molecule has 0 aromatic heterocycles. The van der Waals surface area contributed by atoms with Crippen molar-refractivity contribution >= 4 is 29.2 Å². The molecule has 1 amide bonds. The van der Waals surface area contributed by atoms with Crippen LogP contribution >= 0.6 is 11.6 Å². The second-order valence-electron chi connectivity index (χ2n) is 4.57. The Morgan fingerprint density at radius 1 is 1.38 bits per heavy atom. The first-order valence-electron chi connectivity index (χ1n) is 6.04. The molecule has 0 saturated carbocycles. The molecular formula is C13H11ClN2O5. The number of nitro groups is 1. The minimum atomic E-state index is -0.962. The van der Waals surface area contributed by atoms with Crippen molar-refractivity contribution in [3.8, 4) is 0 Å². The van der Waals surface area contributed by atoms with Gasteiger partial charge in [0, 0.05) is 18.2 Å². The molecule has 2 unspecified atom stereocenters. The van der Waals surface area contributed by atoms with Crippen molar-refractivity contribution < 1.29 is 19.6 Å². The fourth-order valence-electron chi connectivity index (χ4n) is 2.04. The van der Waals surface area contributed by atoms with Crippen LogP contribution in [-0.2, 0) is 4.79 Å². The average molecular weight is 311 g/mol. The smallest absolute Gasteiger partial charge is 0.310 e. The third kappa shape index (κ3) is 3.38. The maximum atomic E-state index is 12.1. The normalized spacial score (nSPS) is 20.2. The Morgan fingerprint density at radius 3 is 2.67 bits per heavy atom. The molecule has 2 rings (SSSR count). The van der Waals surface area contributed by atoms with Crippen molar-refractivity contribution in [3.05, 3.63) is 51.1 Å². The highest BCUT2D eigenvalue weighted by atomic mass is 35.5. The van der Waals surface area contributed by atoms with Crippen LogP contribution in [0.3, 0.4) is 0 Å². The minimum Gasteiger partial charge on any atom is -0.481 e. The summed E-state index contributed by atoms with van der Waals surface area (Å²) in [5.74, 6) is -2.18. The highest BCUT2D eigenvalue weighted by molar-refractivity contribution is 6.34. The van der Waals surface area contributed by atoms with Gasteiger partial charge in [-0.25, -0.2) is 0 Å². The molecule has 0 aliphatic heterocycles. The standard InChI is InChI=1S/C13H11ClN2O5/c14-11-4-3-9(16(20)21)6-10(11)12(17)15-8-2-1-7(5-8)13(18)19/h1-4,6-8H,5H2,(H,15,17)(H,18,19). The quantitative estimate of drug-likeness (QED) is 0.502. The van der Waals surface area contributed by atoms with E-state index in [0.717, 1.165) is 6.07 Å². The number of rotatable bonds is 4. The zero-order valence-electron chi connectivity index (χ0n) is 10.7. The monoisotopic (exact) mass is 310 g/mol. The second kappa shape index (κ2) is 5.92. The molecule has 8 heteroatoms. The van der Waals surface area contributed by atoms with E-state index in [1.54, 1.807) is 6.08 Å². The number of carboxylic acids is 1. The van der Waals surface area contributed by atoms with E-state index in [2.05, 4.69) is 5.32 Å². The number of amides is 1. The fourth-order valence-corrected chi connectivity index (χ4v) is 2.24. The van der Waals surface area contributed by atoms with Crippen LogP contribution in [-0.4, -0.2) is 27.9 Å². The molecule has 1 aromatic rings. The summed E-state index contributed by atoms with van der Waals surface area (Å²) in [6.07, 6.45) is 3.33. The van der Waals surface area contributed by atoms with Gasteiger partial charge in [0.2, 0.25) is 0 Å². The number of halogens is 1. The predicted octanol–water partition coefficient (Wildman–Crippen LogP) is 2.01. The van der Waals surface area contributed by atoms with Crippen molar-refractivity contribution in [3.63, 3.8) is 0 Å². The molecule has 1 aromatic carbocycles. The molecule has 7 nitrogen and oxygen atoms in total. The van der Waals surface area contributed by atoms with Gasteiger partial charge in [0.1, 0.15) is 0 Å². The van der Waals surface area contributed by atoms with E-state index in [4.69, 9.17) is 16.7 Å². The van der Waals surface area contributed by atoms with Gasteiger partial charge < -0.3 is 10.4 Å². The van der Waals surface area contributed by atoms with E-state index >= 15 is 0 Å². The summed E-state index contributed by atoms with van der Waals surface area (Å²) in [7, 11) is 0. The maximum absolute atomic E-state index is 12.1. The van der Waals surface area contributed by atoms with Gasteiger partial charge in [0.25, 0.3) is 11.6 Å². The zero-order chi connectivity index (χ0) is 15.6. The molecular weight excluding hydrogens is 300 g/mol. The lowest BCUT2D eigenvalue weighted by atomic mass is 10.1. The number of benzene rings is 1. The third-order valence-corrected chi connectivity index (χ3v) is 3.45. The Labute approximate surface area is 124 Å². The van der Waals surface area contributed by atoms with Crippen molar-refractivity contribution in [1.29, 1.82) is 0 Å². The number of hydrogen-bond donors (Lipinski definition) is 2. The summed E-state index contributed by atoms with van der Waals surface area (Å²) in [5, 5.41) is 22.3. The van der Waals surface area contributed by atoms with Gasteiger partial charge in [-0.15, -0.1) is 0 Å². The molecule has 1 aliphatic carbocycles. The van der Waals surface area contributed by atoms with Gasteiger partial charge in [-0.3, -0.25) is 19.7 Å². The molecule has 0 bridgehead atoms. The SMILES string of the molecule is O=C(NC1C=CC(C(=O)O)C1)c1cc([N+](=O)[O-])ccc1Cl. The Bertz CT molecular complexity index is 643. The Kier molecular flexibility index (Phi) is 4.23. The summed E-state index contributed by atoms with van der Waals surface area (Å²) >= 11 is 5.86. The first kappa shape index (κ1) is 15.0. The topological polar surface area (TPSA) is 110 Å². The van der Waals surface area contributed by atoms with Crippen molar-refractivity contribution in [2.75, 3.05) is 0 Å². The maximum Gasteiger partial charge on any atom is 0.310 e. The molecule has 0 radical (unpaired) electrons. The van der Waals surface area contributed by atoms with Crippen LogP contribution in [0, 0.1) is 16.0 Å². The Hall–Kier alpha value is -2.41. The first-order chi connectivity index (χ1) is 9.88. The van der Waals surface area contributed by atoms with Gasteiger partial charge in [-0.2, -0.15) is 0 Å². The van der Waals surface area contributed by atoms with Gasteiger partial charge >= 0.3 is 5.97 Å². The first-order valence-corrected chi connectivity index (χ1v) is 6.42. The summed E-state index contributed by atoms with van der Waals surface area (Å²) in [6.45, 7) is 0. The van der Waals surface area contributed by atoms with Crippen LogP contribution in [0.15, 0.2) is 30.4 Å². The molecule has 0 saturated heterocycles. The molecule has 0 spiro atoms. The molecule has 0 heterocycles. The fraction of sp³-hybridized carbons (Fsp3) is 0.231. The van der Waals surface area contributed by atoms with Crippen molar-refractivity contribution in [2.24, 2.45) is 5.92 Å². The number of hydrogen-bond acceptors (Lipinski definition) is 4. The van der Waals surface area contributed by atoms with Crippen LogP contribution in [0.1, 0.15) is 16.8 Å². The third-order valence-electron chi connectivity index (χ3n) is 3.12. The average Bonchev–Trinajstić information content (AvgIpc) is 2.87. The van der Waals surface area contributed by atoms with Crippen molar-refractivity contribution in [2.45, 2.75) is 12.5 Å². The van der Waals surface area contributed by atoms with E-state index in [1.165, 1.54) is 18.2 Å². The number of nitrogens with zero attached hydrogens (tertiary/aromatic N) is 1. The molecule has 21 heavy (non-hydrogen) atoms. The van der Waals surface area contributed by atoms with Crippen LogP contribution in [0.4, 0.5) is 5.69 Å². The van der Waals surface area contributed by atoms with Crippen LogP contribution in [0.2, 0.25) is 5.02 Å². The number of aliphatic carboxylic acids is 1. The highest BCUT2D eigenvalue weighted by Gasteiger charge is 2.26. The summed E-state index contributed by atoms with van der Waals surface area (Å²) in [4.78, 5) is 33.0. The summed E-state index contributed by atoms with van der Waals surface area (Å²) in [6, 6.07) is 3.13. The molecule has 110 valence electrons. The molecule has 1 aliphatic rings. The number of carbonyl (C=O) groups excluding carboxylic acids is 1. The summed E-state index contributed by atoms with van der Waals surface area (Å²) in [5.41, 5.74) is -0.257. The van der Waals surface area contributed by atoms with Crippen LogP contribution in [0.25, 0.3) is 0 Å². The largest absolute Gasteiger partial charge is 0.481 e. The summed E-state index contributed by atoms with van der Waals surface area (Å²) < 4.78 is 0. The number of nitrogens with one attached hydrogen (secondary N) is 1. The van der Waals surface area contributed by atoms with E-state index in [-0.39, 0.29) is 22.7 Å². The van der Waals surface area contributed by atoms with Crippen molar-refractivity contribution in [1.82, 2.24) is 5.32 Å². The van der Waals surface area contributed by atoms with Crippen LogP contribution < -0.4 is 5.32 Å². The van der Waals surface area contributed by atoms with E-state index in [9.17, 15) is 19.7 Å². The Balaban J connectivity index is 2.11. The molecule has 2 N–H and O–H groups in total.